The number of nitrogens with zero attached hydrogens (tertiary/aromatic N) is 5. The van der Waals surface area contributed by atoms with E-state index in [1.165, 1.54) is 0 Å². The fraction of sp³-hybridized carbons (Fsp3) is 0.750. The molecule has 0 aliphatic rings. The smallest absolute Gasteiger partial charge is 0.231 e. The van der Waals surface area contributed by atoms with Gasteiger partial charge in [-0.15, -0.1) is 0 Å². The summed E-state index contributed by atoms with van der Waals surface area (Å²) in [5, 5.41) is 0. The SMILES string of the molecule is CC(N(C)c1nc(N)nc(N(C)C)n1)C(C)(C)C. The van der Waals surface area contributed by atoms with Crippen molar-refractivity contribution in [2.24, 2.45) is 5.41 Å². The van der Waals surface area contributed by atoms with Crippen molar-refractivity contribution in [3.8, 4) is 0 Å². The maximum absolute atomic E-state index is 5.73. The van der Waals surface area contributed by atoms with Crippen molar-refractivity contribution >= 4 is 17.8 Å². The van der Waals surface area contributed by atoms with Gasteiger partial charge in [0, 0.05) is 27.2 Å². The highest BCUT2D eigenvalue weighted by molar-refractivity contribution is 5.42. The van der Waals surface area contributed by atoms with Gasteiger partial charge in [-0.3, -0.25) is 0 Å². The third-order valence-corrected chi connectivity index (χ3v) is 3.18. The zero-order valence-corrected chi connectivity index (χ0v) is 12.4. The average Bonchev–Trinajstić information content (AvgIpc) is 2.24. The van der Waals surface area contributed by atoms with E-state index in [1.807, 2.05) is 30.9 Å². The predicted octanol–water partition coefficient (Wildman–Crippen LogP) is 1.39. The van der Waals surface area contributed by atoms with Gasteiger partial charge in [-0.25, -0.2) is 0 Å². The van der Waals surface area contributed by atoms with Gasteiger partial charge in [0.2, 0.25) is 17.8 Å². The second-order valence-corrected chi connectivity index (χ2v) is 5.84. The first-order chi connectivity index (χ1) is 8.12. The summed E-state index contributed by atoms with van der Waals surface area (Å²) in [4.78, 5) is 16.6. The van der Waals surface area contributed by atoms with Crippen LogP contribution in [0.3, 0.4) is 0 Å². The van der Waals surface area contributed by atoms with Crippen LogP contribution in [0.1, 0.15) is 27.7 Å². The topological polar surface area (TPSA) is 71.2 Å². The van der Waals surface area contributed by atoms with Crippen LogP contribution in [0.15, 0.2) is 0 Å². The van der Waals surface area contributed by atoms with Gasteiger partial charge in [0.15, 0.2) is 0 Å². The van der Waals surface area contributed by atoms with E-state index in [2.05, 4.69) is 42.6 Å². The molecular formula is C12H24N6. The Morgan fingerprint density at radius 2 is 1.50 bits per heavy atom. The molecule has 0 spiro atoms. The Hall–Kier alpha value is -1.59. The van der Waals surface area contributed by atoms with E-state index in [0.717, 1.165) is 0 Å². The van der Waals surface area contributed by atoms with Gasteiger partial charge < -0.3 is 15.5 Å². The molecular weight excluding hydrogens is 228 g/mol. The number of nitrogens with two attached hydrogens (primary N) is 1. The molecule has 0 saturated carbocycles. The Labute approximate surface area is 109 Å². The van der Waals surface area contributed by atoms with Crippen LogP contribution in [0.25, 0.3) is 0 Å². The van der Waals surface area contributed by atoms with Crippen LogP contribution in [0.4, 0.5) is 17.8 Å². The zero-order valence-electron chi connectivity index (χ0n) is 12.4. The van der Waals surface area contributed by atoms with Crippen LogP contribution in [0.5, 0.6) is 0 Å². The molecule has 0 amide bonds. The van der Waals surface area contributed by atoms with E-state index < -0.39 is 0 Å². The van der Waals surface area contributed by atoms with E-state index in [1.54, 1.807) is 0 Å². The molecule has 1 heterocycles. The average molecular weight is 252 g/mol. The molecule has 18 heavy (non-hydrogen) atoms. The Morgan fingerprint density at radius 1 is 1.00 bits per heavy atom. The van der Waals surface area contributed by atoms with Crippen LogP contribution in [0, 0.1) is 5.41 Å². The summed E-state index contributed by atoms with van der Waals surface area (Å²) in [5.41, 5.74) is 5.86. The van der Waals surface area contributed by atoms with Crippen LogP contribution >= 0.6 is 0 Å². The molecule has 2 N–H and O–H groups in total. The van der Waals surface area contributed by atoms with Gasteiger partial charge in [0.05, 0.1) is 0 Å². The van der Waals surface area contributed by atoms with Crippen molar-refractivity contribution in [1.29, 1.82) is 0 Å². The van der Waals surface area contributed by atoms with Gasteiger partial charge in [-0.05, 0) is 12.3 Å². The van der Waals surface area contributed by atoms with Crippen molar-refractivity contribution in [3.63, 3.8) is 0 Å². The predicted molar refractivity (Wildman–Crippen MR) is 75.9 cm³/mol. The summed E-state index contributed by atoms with van der Waals surface area (Å²) in [6.45, 7) is 8.71. The van der Waals surface area contributed by atoms with Gasteiger partial charge in [0.1, 0.15) is 0 Å². The summed E-state index contributed by atoms with van der Waals surface area (Å²) >= 11 is 0. The molecule has 102 valence electrons. The molecule has 1 unspecified atom stereocenters. The highest BCUT2D eigenvalue weighted by Crippen LogP contribution is 2.26. The van der Waals surface area contributed by atoms with Gasteiger partial charge in [-0.2, -0.15) is 15.0 Å². The largest absolute Gasteiger partial charge is 0.368 e. The molecule has 0 aromatic carbocycles. The standard InChI is InChI=1S/C12H24N6/c1-8(12(2,3)4)18(7)11-15-9(13)14-10(16-11)17(5)6/h8H,1-7H3,(H2,13,14,15,16). The van der Waals surface area contributed by atoms with Gasteiger partial charge in [-0.1, -0.05) is 20.8 Å². The maximum atomic E-state index is 5.73. The summed E-state index contributed by atoms with van der Waals surface area (Å²) in [6.07, 6.45) is 0. The number of hydrogen-bond acceptors (Lipinski definition) is 6. The second kappa shape index (κ2) is 4.96. The third kappa shape index (κ3) is 3.21. The van der Waals surface area contributed by atoms with Gasteiger partial charge in [0.25, 0.3) is 0 Å². The lowest BCUT2D eigenvalue weighted by atomic mass is 9.87. The minimum absolute atomic E-state index is 0.133. The van der Waals surface area contributed by atoms with E-state index in [9.17, 15) is 0 Å². The molecule has 0 radical (unpaired) electrons. The highest BCUT2D eigenvalue weighted by atomic mass is 15.3. The lowest BCUT2D eigenvalue weighted by molar-refractivity contribution is 0.327. The van der Waals surface area contributed by atoms with Crippen LogP contribution in [-0.4, -0.2) is 42.1 Å². The minimum Gasteiger partial charge on any atom is -0.368 e. The van der Waals surface area contributed by atoms with Crippen LogP contribution in [0.2, 0.25) is 0 Å². The first kappa shape index (κ1) is 14.5. The van der Waals surface area contributed by atoms with E-state index in [4.69, 9.17) is 5.73 Å². The summed E-state index contributed by atoms with van der Waals surface area (Å²) in [7, 11) is 5.74. The normalized spacial score (nSPS) is 13.3. The van der Waals surface area contributed by atoms with Crippen molar-refractivity contribution in [2.75, 3.05) is 36.7 Å². The number of anilines is 3. The van der Waals surface area contributed by atoms with Crippen LogP contribution in [-0.2, 0) is 0 Å². The third-order valence-electron chi connectivity index (χ3n) is 3.18. The van der Waals surface area contributed by atoms with E-state index in [0.29, 0.717) is 11.9 Å². The Balaban J connectivity index is 3.09. The molecule has 0 fully saturated rings. The summed E-state index contributed by atoms with van der Waals surface area (Å²) < 4.78 is 0. The van der Waals surface area contributed by atoms with E-state index >= 15 is 0 Å². The minimum atomic E-state index is 0.133. The van der Waals surface area contributed by atoms with E-state index in [-0.39, 0.29) is 17.4 Å². The van der Waals surface area contributed by atoms with Crippen molar-refractivity contribution in [2.45, 2.75) is 33.7 Å². The molecule has 0 saturated heterocycles. The van der Waals surface area contributed by atoms with Crippen molar-refractivity contribution in [3.05, 3.63) is 0 Å². The Bertz CT molecular complexity index is 410. The number of rotatable bonds is 3. The van der Waals surface area contributed by atoms with Gasteiger partial charge >= 0.3 is 0 Å². The Morgan fingerprint density at radius 3 is 1.94 bits per heavy atom. The quantitative estimate of drug-likeness (QED) is 0.876. The number of aromatic nitrogens is 3. The first-order valence-corrected chi connectivity index (χ1v) is 6.04. The maximum Gasteiger partial charge on any atom is 0.231 e. The lowest BCUT2D eigenvalue weighted by Crippen LogP contribution is -2.40. The molecule has 1 rings (SSSR count). The summed E-state index contributed by atoms with van der Waals surface area (Å²) in [5.74, 6) is 1.43. The van der Waals surface area contributed by atoms with Crippen molar-refractivity contribution in [1.82, 2.24) is 15.0 Å². The Kier molecular flexibility index (Phi) is 3.98. The molecule has 1 atom stereocenters. The molecule has 1 aromatic heterocycles. The molecule has 6 heteroatoms. The number of nitrogen functional groups attached to an aromatic ring is 1. The molecule has 1 aromatic rings. The first-order valence-electron chi connectivity index (χ1n) is 6.04. The zero-order chi connectivity index (χ0) is 14.1. The molecule has 6 nitrogen and oxygen atoms in total. The van der Waals surface area contributed by atoms with Crippen LogP contribution < -0.4 is 15.5 Å². The number of hydrogen-bond donors (Lipinski definition) is 1. The fourth-order valence-electron chi connectivity index (χ4n) is 1.48. The summed E-state index contributed by atoms with van der Waals surface area (Å²) in [6, 6.07) is 0.286. The molecule has 0 aliphatic heterocycles. The lowest BCUT2D eigenvalue weighted by Gasteiger charge is -2.35. The highest BCUT2D eigenvalue weighted by Gasteiger charge is 2.26. The monoisotopic (exact) mass is 252 g/mol. The second-order valence-electron chi connectivity index (χ2n) is 5.84. The molecule has 0 bridgehead atoms. The fourth-order valence-corrected chi connectivity index (χ4v) is 1.48. The van der Waals surface area contributed by atoms with Crippen molar-refractivity contribution < 1.29 is 0 Å². The molecule has 0 aliphatic carbocycles.